The highest BCUT2D eigenvalue weighted by Gasteiger charge is 2.32. The molecule has 0 aliphatic carbocycles. The van der Waals surface area contributed by atoms with E-state index in [9.17, 15) is 18.0 Å². The SMILES string of the molecule is CCNC(=O)[C@@H](C)N(Cc1cccc(OC)c1)C(=O)CN(c1ccc(Cl)cc1)S(=O)(=O)c1ccccc1. The zero-order valence-electron chi connectivity index (χ0n) is 20.9. The summed E-state index contributed by atoms with van der Waals surface area (Å²) in [5.41, 5.74) is 1.00. The molecular weight excluding hydrogens is 514 g/mol. The van der Waals surface area contributed by atoms with Crippen molar-refractivity contribution >= 4 is 39.1 Å². The summed E-state index contributed by atoms with van der Waals surface area (Å²) in [6.45, 7) is 3.35. The third kappa shape index (κ3) is 7.02. The molecule has 0 aliphatic heterocycles. The van der Waals surface area contributed by atoms with Gasteiger partial charge in [0.05, 0.1) is 17.7 Å². The lowest BCUT2D eigenvalue weighted by Gasteiger charge is -2.32. The van der Waals surface area contributed by atoms with E-state index in [0.717, 1.165) is 9.87 Å². The summed E-state index contributed by atoms with van der Waals surface area (Å²) in [6, 6.07) is 20.3. The summed E-state index contributed by atoms with van der Waals surface area (Å²) < 4.78 is 33.6. The zero-order valence-corrected chi connectivity index (χ0v) is 22.5. The van der Waals surface area contributed by atoms with E-state index in [4.69, 9.17) is 16.3 Å². The highest BCUT2D eigenvalue weighted by Crippen LogP contribution is 2.26. The van der Waals surface area contributed by atoms with Crippen molar-refractivity contribution in [2.45, 2.75) is 31.3 Å². The van der Waals surface area contributed by atoms with Crippen LogP contribution in [0.4, 0.5) is 5.69 Å². The van der Waals surface area contributed by atoms with Gasteiger partial charge in [-0.1, -0.05) is 41.9 Å². The number of likely N-dealkylation sites (N-methyl/N-ethyl adjacent to an activating group) is 1. The van der Waals surface area contributed by atoms with Crippen molar-refractivity contribution in [1.82, 2.24) is 10.2 Å². The van der Waals surface area contributed by atoms with Gasteiger partial charge in [-0.15, -0.1) is 0 Å². The fraction of sp³-hybridized carbons (Fsp3) is 0.259. The maximum atomic E-state index is 13.8. The first-order chi connectivity index (χ1) is 17.7. The maximum Gasteiger partial charge on any atom is 0.264 e. The van der Waals surface area contributed by atoms with Crippen LogP contribution < -0.4 is 14.4 Å². The van der Waals surface area contributed by atoms with E-state index in [0.29, 0.717) is 17.3 Å². The third-order valence-corrected chi connectivity index (χ3v) is 7.77. The Labute approximate surface area is 222 Å². The van der Waals surface area contributed by atoms with Gasteiger partial charge in [-0.3, -0.25) is 13.9 Å². The van der Waals surface area contributed by atoms with Gasteiger partial charge in [0, 0.05) is 18.1 Å². The van der Waals surface area contributed by atoms with E-state index in [2.05, 4.69) is 5.32 Å². The van der Waals surface area contributed by atoms with Gasteiger partial charge in [-0.05, 0) is 67.9 Å². The number of carbonyl (C=O) groups excluding carboxylic acids is 2. The van der Waals surface area contributed by atoms with Crippen molar-refractivity contribution in [1.29, 1.82) is 0 Å². The van der Waals surface area contributed by atoms with Gasteiger partial charge in [-0.25, -0.2) is 8.42 Å². The lowest BCUT2D eigenvalue weighted by atomic mass is 10.1. The molecule has 0 radical (unpaired) electrons. The van der Waals surface area contributed by atoms with Gasteiger partial charge >= 0.3 is 0 Å². The van der Waals surface area contributed by atoms with Crippen molar-refractivity contribution in [2.75, 3.05) is 24.5 Å². The number of nitrogens with one attached hydrogen (secondary N) is 1. The predicted molar refractivity (Wildman–Crippen MR) is 144 cm³/mol. The Bertz CT molecular complexity index is 1320. The van der Waals surface area contributed by atoms with Gasteiger partial charge in [-0.2, -0.15) is 0 Å². The molecule has 0 aliphatic rings. The van der Waals surface area contributed by atoms with Gasteiger partial charge in [0.2, 0.25) is 11.8 Å². The first-order valence-electron chi connectivity index (χ1n) is 11.7. The summed E-state index contributed by atoms with van der Waals surface area (Å²) in [4.78, 5) is 27.9. The Balaban J connectivity index is 2.01. The predicted octanol–water partition coefficient (Wildman–Crippen LogP) is 4.10. The number of hydrogen-bond acceptors (Lipinski definition) is 5. The van der Waals surface area contributed by atoms with E-state index >= 15 is 0 Å². The van der Waals surface area contributed by atoms with Crippen LogP contribution in [0.5, 0.6) is 5.75 Å². The van der Waals surface area contributed by atoms with Crippen LogP contribution in [-0.2, 0) is 26.2 Å². The summed E-state index contributed by atoms with van der Waals surface area (Å²) in [7, 11) is -2.57. The molecule has 10 heteroatoms. The van der Waals surface area contributed by atoms with Crippen LogP contribution in [0.2, 0.25) is 5.02 Å². The summed E-state index contributed by atoms with van der Waals surface area (Å²) in [6.07, 6.45) is 0. The molecule has 196 valence electrons. The minimum atomic E-state index is -4.11. The molecule has 0 saturated carbocycles. The van der Waals surface area contributed by atoms with Crippen LogP contribution in [-0.4, -0.2) is 51.4 Å². The Kier molecular flexibility index (Phi) is 9.54. The molecule has 0 spiro atoms. The Hall–Kier alpha value is -3.56. The van der Waals surface area contributed by atoms with Crippen LogP contribution in [0, 0.1) is 0 Å². The summed E-state index contributed by atoms with van der Waals surface area (Å²) >= 11 is 6.03. The molecule has 3 rings (SSSR count). The minimum Gasteiger partial charge on any atom is -0.497 e. The van der Waals surface area contributed by atoms with E-state index < -0.39 is 28.5 Å². The molecule has 3 aromatic carbocycles. The first-order valence-corrected chi connectivity index (χ1v) is 13.5. The van der Waals surface area contributed by atoms with Crippen LogP contribution in [0.25, 0.3) is 0 Å². The van der Waals surface area contributed by atoms with Crippen LogP contribution in [0.1, 0.15) is 19.4 Å². The second kappa shape index (κ2) is 12.6. The molecule has 37 heavy (non-hydrogen) atoms. The number of ether oxygens (including phenoxy) is 1. The molecule has 1 N–H and O–H groups in total. The molecule has 0 bridgehead atoms. The topological polar surface area (TPSA) is 96.0 Å². The van der Waals surface area contributed by atoms with Crippen molar-refractivity contribution in [2.24, 2.45) is 0 Å². The van der Waals surface area contributed by atoms with Gasteiger partial charge < -0.3 is 15.0 Å². The lowest BCUT2D eigenvalue weighted by Crippen LogP contribution is -2.51. The second-order valence-corrected chi connectivity index (χ2v) is 10.5. The number of carbonyl (C=O) groups is 2. The number of anilines is 1. The van der Waals surface area contributed by atoms with E-state index in [-0.39, 0.29) is 23.0 Å². The fourth-order valence-electron chi connectivity index (χ4n) is 3.73. The van der Waals surface area contributed by atoms with Crippen molar-refractivity contribution in [3.8, 4) is 5.75 Å². The Morgan fingerprint density at radius 2 is 1.68 bits per heavy atom. The molecule has 1 atom stereocenters. The molecule has 3 aromatic rings. The smallest absolute Gasteiger partial charge is 0.264 e. The third-order valence-electron chi connectivity index (χ3n) is 5.73. The summed E-state index contributed by atoms with van der Waals surface area (Å²) in [5, 5.41) is 3.16. The van der Waals surface area contributed by atoms with Crippen LogP contribution in [0.3, 0.4) is 0 Å². The zero-order chi connectivity index (χ0) is 27.0. The average molecular weight is 544 g/mol. The average Bonchev–Trinajstić information content (AvgIpc) is 2.91. The van der Waals surface area contributed by atoms with Crippen molar-refractivity contribution in [3.63, 3.8) is 0 Å². The number of hydrogen-bond donors (Lipinski definition) is 1. The van der Waals surface area contributed by atoms with Gasteiger partial charge in [0.25, 0.3) is 10.0 Å². The molecule has 0 heterocycles. The maximum absolute atomic E-state index is 13.8. The molecular formula is C27H30ClN3O5S. The minimum absolute atomic E-state index is 0.0360. The Morgan fingerprint density at radius 3 is 2.30 bits per heavy atom. The normalized spacial score (nSPS) is 11.9. The Morgan fingerprint density at radius 1 is 1.00 bits per heavy atom. The summed E-state index contributed by atoms with van der Waals surface area (Å²) in [5.74, 6) is -0.288. The quantitative estimate of drug-likeness (QED) is 0.393. The molecule has 0 aromatic heterocycles. The van der Waals surface area contributed by atoms with Gasteiger partial charge in [0.1, 0.15) is 18.3 Å². The number of rotatable bonds is 11. The molecule has 8 nitrogen and oxygen atoms in total. The van der Waals surface area contributed by atoms with E-state index in [1.165, 1.54) is 36.3 Å². The highest BCUT2D eigenvalue weighted by molar-refractivity contribution is 7.92. The molecule has 0 fully saturated rings. The standard InChI is InChI=1S/C27H30ClN3O5S/c1-4-29-27(33)20(2)30(18-21-9-8-10-24(17-21)36-3)26(32)19-31(23-15-13-22(28)14-16-23)37(34,35)25-11-6-5-7-12-25/h5-17,20H,4,18-19H2,1-3H3,(H,29,33)/t20-/m1/s1. The van der Waals surface area contributed by atoms with Crippen molar-refractivity contribution < 1.29 is 22.7 Å². The number of halogens is 1. The first kappa shape index (κ1) is 28.0. The van der Waals surface area contributed by atoms with Crippen LogP contribution in [0.15, 0.2) is 83.8 Å². The molecule has 0 unspecified atom stereocenters. The van der Waals surface area contributed by atoms with E-state index in [1.54, 1.807) is 62.4 Å². The van der Waals surface area contributed by atoms with Crippen LogP contribution >= 0.6 is 11.6 Å². The number of nitrogens with zero attached hydrogens (tertiary/aromatic N) is 2. The number of methoxy groups -OCH3 is 1. The van der Waals surface area contributed by atoms with E-state index in [1.807, 2.05) is 6.07 Å². The highest BCUT2D eigenvalue weighted by atomic mass is 35.5. The monoisotopic (exact) mass is 543 g/mol. The fourth-order valence-corrected chi connectivity index (χ4v) is 5.29. The number of amides is 2. The largest absolute Gasteiger partial charge is 0.497 e. The number of sulfonamides is 1. The lowest BCUT2D eigenvalue weighted by molar-refractivity contribution is -0.139. The number of benzene rings is 3. The molecule has 0 saturated heterocycles. The van der Waals surface area contributed by atoms with Crippen molar-refractivity contribution in [3.05, 3.63) is 89.4 Å². The van der Waals surface area contributed by atoms with Gasteiger partial charge in [0.15, 0.2) is 0 Å². The molecule has 2 amide bonds. The second-order valence-electron chi connectivity index (χ2n) is 8.24.